The van der Waals surface area contributed by atoms with Gasteiger partial charge in [-0.1, -0.05) is 23.7 Å². The van der Waals surface area contributed by atoms with Crippen LogP contribution in [0.5, 0.6) is 0 Å². The zero-order valence-electron chi connectivity index (χ0n) is 11.4. The molecule has 2 atom stereocenters. The smallest absolute Gasteiger partial charge is 0.0897 e. The van der Waals surface area contributed by atoms with Crippen molar-refractivity contribution in [3.8, 4) is 0 Å². The Labute approximate surface area is 119 Å². The van der Waals surface area contributed by atoms with Crippen molar-refractivity contribution in [3.05, 3.63) is 34.9 Å². The fourth-order valence-electron chi connectivity index (χ4n) is 1.63. The van der Waals surface area contributed by atoms with E-state index in [1.54, 1.807) is 7.11 Å². The second-order valence-corrected chi connectivity index (χ2v) is 4.84. The van der Waals surface area contributed by atoms with Crippen molar-refractivity contribution in [1.29, 1.82) is 0 Å². The third kappa shape index (κ3) is 6.89. The summed E-state index contributed by atoms with van der Waals surface area (Å²) in [6.45, 7) is 3.85. The number of aliphatic hydroxyl groups excluding tert-OH is 1. The predicted molar refractivity (Wildman–Crippen MR) is 76.6 cm³/mol. The lowest BCUT2D eigenvalue weighted by Crippen LogP contribution is -2.32. The van der Waals surface area contributed by atoms with Crippen molar-refractivity contribution in [3.63, 3.8) is 0 Å². The zero-order chi connectivity index (χ0) is 14.1. The van der Waals surface area contributed by atoms with Crippen LogP contribution in [0, 0.1) is 0 Å². The van der Waals surface area contributed by atoms with E-state index >= 15 is 0 Å². The number of halogens is 1. The van der Waals surface area contributed by atoms with E-state index < -0.39 is 6.10 Å². The normalized spacial score (nSPS) is 14.3. The molecule has 0 saturated heterocycles. The first-order valence-electron chi connectivity index (χ1n) is 6.37. The molecule has 0 aromatic heterocycles. The standard InChI is InChI=1S/C14H22ClNO3/c1-11(12-4-3-5-13(15)8-12)16-9-14(17)10-19-7-6-18-2/h3-5,8,11,14,16-17H,6-7,9-10H2,1-2H3. The number of hydrogen-bond acceptors (Lipinski definition) is 4. The lowest BCUT2D eigenvalue weighted by atomic mass is 10.1. The van der Waals surface area contributed by atoms with Crippen LogP contribution in [0.15, 0.2) is 24.3 Å². The lowest BCUT2D eigenvalue weighted by molar-refractivity contribution is 0.0130. The molecule has 0 radical (unpaired) electrons. The monoisotopic (exact) mass is 287 g/mol. The summed E-state index contributed by atoms with van der Waals surface area (Å²) in [4.78, 5) is 0. The molecule has 1 rings (SSSR count). The van der Waals surface area contributed by atoms with Crippen molar-refractivity contribution in [2.24, 2.45) is 0 Å². The van der Waals surface area contributed by atoms with E-state index in [0.29, 0.717) is 26.4 Å². The number of methoxy groups -OCH3 is 1. The molecule has 0 heterocycles. The van der Waals surface area contributed by atoms with Gasteiger partial charge in [-0.3, -0.25) is 0 Å². The first kappa shape index (κ1) is 16.4. The molecular formula is C14H22ClNO3. The van der Waals surface area contributed by atoms with E-state index in [1.807, 2.05) is 31.2 Å². The van der Waals surface area contributed by atoms with Crippen LogP contribution in [0.25, 0.3) is 0 Å². The van der Waals surface area contributed by atoms with Gasteiger partial charge in [-0.05, 0) is 24.6 Å². The molecule has 1 aromatic rings. The molecule has 4 nitrogen and oxygen atoms in total. The van der Waals surface area contributed by atoms with Crippen LogP contribution in [-0.2, 0) is 9.47 Å². The number of rotatable bonds is 9. The molecule has 19 heavy (non-hydrogen) atoms. The minimum absolute atomic E-state index is 0.132. The number of aliphatic hydroxyl groups is 1. The van der Waals surface area contributed by atoms with E-state index in [9.17, 15) is 5.11 Å². The summed E-state index contributed by atoms with van der Waals surface area (Å²) in [5, 5.41) is 13.7. The van der Waals surface area contributed by atoms with Gasteiger partial charge in [0.25, 0.3) is 0 Å². The maximum atomic E-state index is 9.74. The largest absolute Gasteiger partial charge is 0.389 e. The summed E-state index contributed by atoms with van der Waals surface area (Å²) in [5.74, 6) is 0. The molecule has 2 N–H and O–H groups in total. The maximum absolute atomic E-state index is 9.74. The van der Waals surface area contributed by atoms with Crippen molar-refractivity contribution in [2.45, 2.75) is 19.1 Å². The van der Waals surface area contributed by atoms with Crippen molar-refractivity contribution in [2.75, 3.05) is 33.5 Å². The van der Waals surface area contributed by atoms with Gasteiger partial charge in [0.2, 0.25) is 0 Å². The molecule has 1 aromatic carbocycles. The Morgan fingerprint density at radius 2 is 2.16 bits per heavy atom. The van der Waals surface area contributed by atoms with E-state index in [2.05, 4.69) is 5.32 Å². The molecular weight excluding hydrogens is 266 g/mol. The molecule has 5 heteroatoms. The topological polar surface area (TPSA) is 50.7 Å². The molecule has 0 saturated carbocycles. The highest BCUT2D eigenvalue weighted by molar-refractivity contribution is 6.30. The Bertz CT molecular complexity index is 362. The highest BCUT2D eigenvalue weighted by Crippen LogP contribution is 2.17. The van der Waals surface area contributed by atoms with Gasteiger partial charge in [0.05, 0.1) is 25.9 Å². The maximum Gasteiger partial charge on any atom is 0.0897 e. The second kappa shape index (κ2) is 9.28. The van der Waals surface area contributed by atoms with Gasteiger partial charge in [0.15, 0.2) is 0 Å². The summed E-state index contributed by atoms with van der Waals surface area (Å²) in [7, 11) is 1.62. The molecule has 0 fully saturated rings. The van der Waals surface area contributed by atoms with Crippen LogP contribution < -0.4 is 5.32 Å². The minimum Gasteiger partial charge on any atom is -0.389 e. The van der Waals surface area contributed by atoms with E-state index in [0.717, 1.165) is 10.6 Å². The van der Waals surface area contributed by atoms with E-state index in [4.69, 9.17) is 21.1 Å². The quantitative estimate of drug-likeness (QED) is 0.682. The van der Waals surface area contributed by atoms with Crippen LogP contribution in [0.2, 0.25) is 5.02 Å². The zero-order valence-corrected chi connectivity index (χ0v) is 12.2. The first-order valence-corrected chi connectivity index (χ1v) is 6.75. The Kier molecular flexibility index (Phi) is 8.02. The van der Waals surface area contributed by atoms with E-state index in [-0.39, 0.29) is 6.04 Å². The van der Waals surface area contributed by atoms with Crippen LogP contribution >= 0.6 is 11.6 Å². The Morgan fingerprint density at radius 1 is 1.37 bits per heavy atom. The Balaban J connectivity index is 2.24. The fourth-order valence-corrected chi connectivity index (χ4v) is 1.83. The average molecular weight is 288 g/mol. The van der Waals surface area contributed by atoms with Crippen LogP contribution in [0.4, 0.5) is 0 Å². The summed E-state index contributed by atoms with van der Waals surface area (Å²) < 4.78 is 10.1. The van der Waals surface area contributed by atoms with Gasteiger partial charge in [-0.15, -0.1) is 0 Å². The third-order valence-corrected chi connectivity index (χ3v) is 2.99. The molecule has 0 aliphatic carbocycles. The van der Waals surface area contributed by atoms with Crippen molar-refractivity contribution >= 4 is 11.6 Å². The van der Waals surface area contributed by atoms with E-state index in [1.165, 1.54) is 0 Å². The van der Waals surface area contributed by atoms with Gasteiger partial charge in [-0.25, -0.2) is 0 Å². The summed E-state index contributed by atoms with van der Waals surface area (Å²) in [5.41, 5.74) is 1.10. The van der Waals surface area contributed by atoms with Crippen LogP contribution in [0.3, 0.4) is 0 Å². The highest BCUT2D eigenvalue weighted by atomic mass is 35.5. The molecule has 0 spiro atoms. The molecule has 0 bridgehead atoms. The van der Waals surface area contributed by atoms with Crippen LogP contribution in [-0.4, -0.2) is 44.7 Å². The summed E-state index contributed by atoms with van der Waals surface area (Å²) in [6.07, 6.45) is -0.529. The molecule has 0 aliphatic heterocycles. The number of ether oxygens (including phenoxy) is 2. The number of benzene rings is 1. The summed E-state index contributed by atoms with van der Waals surface area (Å²) in [6, 6.07) is 7.81. The average Bonchev–Trinajstić information content (AvgIpc) is 2.41. The van der Waals surface area contributed by atoms with Gasteiger partial charge >= 0.3 is 0 Å². The molecule has 108 valence electrons. The van der Waals surface area contributed by atoms with Gasteiger partial charge in [0, 0.05) is 24.7 Å². The van der Waals surface area contributed by atoms with Gasteiger partial charge in [-0.2, -0.15) is 0 Å². The van der Waals surface area contributed by atoms with Crippen LogP contribution in [0.1, 0.15) is 18.5 Å². The lowest BCUT2D eigenvalue weighted by Gasteiger charge is -2.17. The molecule has 2 unspecified atom stereocenters. The number of hydrogen-bond donors (Lipinski definition) is 2. The van der Waals surface area contributed by atoms with Crippen molar-refractivity contribution in [1.82, 2.24) is 5.32 Å². The SMILES string of the molecule is COCCOCC(O)CNC(C)c1cccc(Cl)c1. The molecule has 0 amide bonds. The third-order valence-electron chi connectivity index (χ3n) is 2.75. The number of nitrogens with one attached hydrogen (secondary N) is 1. The van der Waals surface area contributed by atoms with Gasteiger partial charge < -0.3 is 19.9 Å². The fraction of sp³-hybridized carbons (Fsp3) is 0.571. The summed E-state index contributed by atoms with van der Waals surface area (Å²) >= 11 is 5.94. The van der Waals surface area contributed by atoms with Crippen molar-refractivity contribution < 1.29 is 14.6 Å². The predicted octanol–water partition coefficient (Wildman–Crippen LogP) is 2.01. The molecule has 0 aliphatic rings. The highest BCUT2D eigenvalue weighted by Gasteiger charge is 2.09. The Morgan fingerprint density at radius 3 is 2.84 bits per heavy atom. The Hall–Kier alpha value is -0.650. The van der Waals surface area contributed by atoms with Gasteiger partial charge in [0.1, 0.15) is 0 Å². The second-order valence-electron chi connectivity index (χ2n) is 4.41. The first-order chi connectivity index (χ1) is 9.13. The minimum atomic E-state index is -0.529.